The Hall–Kier alpha value is -1.84. The zero-order valence-electron chi connectivity index (χ0n) is 9.27. The maximum Gasteiger partial charge on any atom is 0.420 e. The lowest BCUT2D eigenvalue weighted by Gasteiger charge is -2.09. The van der Waals surface area contributed by atoms with Crippen LogP contribution in [0.4, 0.5) is 0 Å². The third kappa shape index (κ3) is 1.56. The molecular formula is C12H13NO3. The van der Waals surface area contributed by atoms with Gasteiger partial charge in [0.15, 0.2) is 11.4 Å². The summed E-state index contributed by atoms with van der Waals surface area (Å²) in [5.41, 5.74) is 1.19. The average molecular weight is 219 g/mol. The number of ketones is 1. The van der Waals surface area contributed by atoms with Crippen LogP contribution in [0.2, 0.25) is 0 Å². The molecule has 1 aromatic heterocycles. The molecular weight excluding hydrogens is 206 g/mol. The summed E-state index contributed by atoms with van der Waals surface area (Å²) in [7, 11) is 0. The first-order valence-corrected chi connectivity index (χ1v) is 5.28. The number of aromatic nitrogens is 1. The molecule has 0 radical (unpaired) electrons. The van der Waals surface area contributed by atoms with Crippen LogP contribution in [-0.2, 0) is 4.79 Å². The molecule has 4 nitrogen and oxygen atoms in total. The fraction of sp³-hybridized carbons (Fsp3) is 0.333. The molecule has 0 saturated heterocycles. The first-order valence-electron chi connectivity index (χ1n) is 5.28. The number of para-hydroxylation sites is 2. The fourth-order valence-electron chi connectivity index (χ4n) is 1.79. The molecule has 0 aliphatic rings. The average Bonchev–Trinajstić information content (AvgIpc) is 2.63. The minimum Gasteiger partial charge on any atom is -0.408 e. The van der Waals surface area contributed by atoms with Crippen molar-refractivity contribution in [3.63, 3.8) is 0 Å². The number of carbonyl (C=O) groups excluding carboxylic acids is 1. The summed E-state index contributed by atoms with van der Waals surface area (Å²) in [6, 6.07) is 6.63. The molecule has 0 saturated carbocycles. The third-order valence-electron chi connectivity index (χ3n) is 2.72. The highest BCUT2D eigenvalue weighted by Crippen LogP contribution is 2.17. The van der Waals surface area contributed by atoms with E-state index in [0.717, 1.165) is 0 Å². The number of Topliss-reactive ketones (excluding diaryl/α,β-unsaturated/α-hetero) is 1. The number of carbonyl (C=O) groups is 1. The normalized spacial score (nSPS) is 12.9. The minimum atomic E-state index is -0.476. The molecule has 1 aromatic carbocycles. The predicted molar refractivity (Wildman–Crippen MR) is 60.5 cm³/mol. The summed E-state index contributed by atoms with van der Waals surface area (Å²) in [6.07, 6.45) is 0.410. The van der Waals surface area contributed by atoms with E-state index >= 15 is 0 Å². The van der Waals surface area contributed by atoms with Crippen molar-refractivity contribution in [2.24, 2.45) is 0 Å². The lowest BCUT2D eigenvalue weighted by atomic mass is 10.1. The summed E-state index contributed by atoms with van der Waals surface area (Å²) in [5.74, 6) is -0.454. The van der Waals surface area contributed by atoms with E-state index in [1.54, 1.807) is 32.0 Å². The molecule has 0 spiro atoms. The van der Waals surface area contributed by atoms with Gasteiger partial charge in [0.2, 0.25) is 0 Å². The molecule has 16 heavy (non-hydrogen) atoms. The first kappa shape index (κ1) is 10.7. The van der Waals surface area contributed by atoms with E-state index in [-0.39, 0.29) is 5.78 Å². The Balaban J connectivity index is 2.64. The van der Waals surface area contributed by atoms with E-state index in [4.69, 9.17) is 4.42 Å². The van der Waals surface area contributed by atoms with Gasteiger partial charge in [0.25, 0.3) is 0 Å². The van der Waals surface area contributed by atoms with E-state index in [2.05, 4.69) is 0 Å². The van der Waals surface area contributed by atoms with E-state index in [0.29, 0.717) is 17.5 Å². The number of benzene rings is 1. The summed E-state index contributed by atoms with van der Waals surface area (Å²) < 4.78 is 6.47. The Kier molecular flexibility index (Phi) is 2.64. The number of nitrogens with zero attached hydrogens (tertiary/aromatic N) is 1. The maximum absolute atomic E-state index is 11.6. The molecule has 2 aromatic rings. The molecule has 0 aliphatic carbocycles. The third-order valence-corrected chi connectivity index (χ3v) is 2.72. The molecule has 4 heteroatoms. The Morgan fingerprint density at radius 1 is 1.44 bits per heavy atom. The molecule has 0 aliphatic heterocycles. The topological polar surface area (TPSA) is 52.2 Å². The molecule has 0 fully saturated rings. The van der Waals surface area contributed by atoms with Crippen LogP contribution in [0.25, 0.3) is 11.1 Å². The van der Waals surface area contributed by atoms with Crippen LogP contribution in [0.1, 0.15) is 26.3 Å². The smallest absolute Gasteiger partial charge is 0.408 e. The van der Waals surface area contributed by atoms with Gasteiger partial charge in [-0.25, -0.2) is 4.79 Å². The first-order chi connectivity index (χ1) is 7.65. The van der Waals surface area contributed by atoms with Gasteiger partial charge in [0.05, 0.1) is 11.6 Å². The number of hydrogen-bond donors (Lipinski definition) is 0. The second kappa shape index (κ2) is 3.96. The van der Waals surface area contributed by atoms with E-state index < -0.39 is 11.8 Å². The van der Waals surface area contributed by atoms with Crippen molar-refractivity contribution in [1.29, 1.82) is 0 Å². The van der Waals surface area contributed by atoms with Gasteiger partial charge in [-0.2, -0.15) is 0 Å². The molecule has 84 valence electrons. The van der Waals surface area contributed by atoms with Gasteiger partial charge in [-0.15, -0.1) is 0 Å². The van der Waals surface area contributed by atoms with Crippen LogP contribution in [0.5, 0.6) is 0 Å². The van der Waals surface area contributed by atoms with Gasteiger partial charge in [0, 0.05) is 6.42 Å². The van der Waals surface area contributed by atoms with Crippen molar-refractivity contribution in [3.8, 4) is 0 Å². The monoisotopic (exact) mass is 219 g/mol. The van der Waals surface area contributed by atoms with E-state index in [9.17, 15) is 9.59 Å². The zero-order chi connectivity index (χ0) is 11.7. The van der Waals surface area contributed by atoms with Crippen LogP contribution < -0.4 is 5.76 Å². The Labute approximate surface area is 92.5 Å². The lowest BCUT2D eigenvalue weighted by molar-refractivity contribution is -0.121. The van der Waals surface area contributed by atoms with Gasteiger partial charge < -0.3 is 4.42 Å². The SMILES string of the molecule is CCC(=O)C(C)n1c(=O)oc2ccccc21. The van der Waals surface area contributed by atoms with Crippen molar-refractivity contribution >= 4 is 16.9 Å². The second-order valence-corrected chi connectivity index (χ2v) is 3.70. The Morgan fingerprint density at radius 3 is 2.81 bits per heavy atom. The minimum absolute atomic E-state index is 0.0219. The van der Waals surface area contributed by atoms with Crippen molar-refractivity contribution in [1.82, 2.24) is 4.57 Å². The standard InChI is InChI=1S/C12H13NO3/c1-3-10(14)8(2)13-9-6-4-5-7-11(9)16-12(13)15/h4-8H,3H2,1-2H3. The van der Waals surface area contributed by atoms with Crippen LogP contribution in [0.3, 0.4) is 0 Å². The number of fused-ring (bicyclic) bond motifs is 1. The largest absolute Gasteiger partial charge is 0.420 e. The highest BCUT2D eigenvalue weighted by Gasteiger charge is 2.19. The summed E-state index contributed by atoms with van der Waals surface area (Å²) >= 11 is 0. The number of rotatable bonds is 3. The van der Waals surface area contributed by atoms with Crippen LogP contribution >= 0.6 is 0 Å². The molecule has 1 atom stereocenters. The fourth-order valence-corrected chi connectivity index (χ4v) is 1.79. The van der Waals surface area contributed by atoms with Crippen molar-refractivity contribution in [2.45, 2.75) is 26.3 Å². The highest BCUT2D eigenvalue weighted by molar-refractivity contribution is 5.84. The van der Waals surface area contributed by atoms with Gasteiger partial charge in [-0.05, 0) is 19.1 Å². The van der Waals surface area contributed by atoms with E-state index in [1.807, 2.05) is 6.07 Å². The highest BCUT2D eigenvalue weighted by atomic mass is 16.4. The maximum atomic E-state index is 11.6. The number of oxazole rings is 1. The van der Waals surface area contributed by atoms with Gasteiger partial charge in [-0.3, -0.25) is 9.36 Å². The molecule has 0 N–H and O–H groups in total. The van der Waals surface area contributed by atoms with Crippen LogP contribution in [0.15, 0.2) is 33.5 Å². The van der Waals surface area contributed by atoms with Gasteiger partial charge in [0.1, 0.15) is 0 Å². The summed E-state index contributed by atoms with van der Waals surface area (Å²) in [4.78, 5) is 23.2. The van der Waals surface area contributed by atoms with Crippen molar-refractivity contribution in [3.05, 3.63) is 34.8 Å². The van der Waals surface area contributed by atoms with Gasteiger partial charge >= 0.3 is 5.76 Å². The Bertz CT molecular complexity index is 579. The molecule has 0 amide bonds. The van der Waals surface area contributed by atoms with Crippen LogP contribution in [0, 0.1) is 0 Å². The van der Waals surface area contributed by atoms with Crippen molar-refractivity contribution < 1.29 is 9.21 Å². The molecule has 1 unspecified atom stereocenters. The lowest BCUT2D eigenvalue weighted by Crippen LogP contribution is -2.24. The second-order valence-electron chi connectivity index (χ2n) is 3.70. The quantitative estimate of drug-likeness (QED) is 0.794. The van der Waals surface area contributed by atoms with Crippen LogP contribution in [-0.4, -0.2) is 10.4 Å². The van der Waals surface area contributed by atoms with Crippen molar-refractivity contribution in [2.75, 3.05) is 0 Å². The zero-order valence-corrected chi connectivity index (χ0v) is 9.27. The molecule has 2 rings (SSSR count). The van der Waals surface area contributed by atoms with E-state index in [1.165, 1.54) is 4.57 Å². The Morgan fingerprint density at radius 2 is 2.12 bits per heavy atom. The summed E-state index contributed by atoms with van der Waals surface area (Å²) in [5, 5.41) is 0. The number of hydrogen-bond acceptors (Lipinski definition) is 3. The molecule has 0 bridgehead atoms. The summed E-state index contributed by atoms with van der Waals surface area (Å²) in [6.45, 7) is 3.50. The molecule has 1 heterocycles. The van der Waals surface area contributed by atoms with Gasteiger partial charge in [-0.1, -0.05) is 19.1 Å². The predicted octanol–water partition coefficient (Wildman–Crippen LogP) is 2.13.